The second-order valence-corrected chi connectivity index (χ2v) is 5.75. The van der Waals surface area contributed by atoms with Crippen LogP contribution in [0.25, 0.3) is 6.08 Å². The van der Waals surface area contributed by atoms with Gasteiger partial charge in [-0.05, 0) is 43.2 Å². The standard InChI is InChI=1S/C19H20ClNO3/c1-12-10-13(2)18(15(20)11-12)21-17(22)9-8-14-6-5-7-16(23-3)19(14)24-4/h5-11H,1-4H3,(H,21,22)/b9-8+. The summed E-state index contributed by atoms with van der Waals surface area (Å²) >= 11 is 6.21. The fourth-order valence-electron chi connectivity index (χ4n) is 2.45. The average molecular weight is 346 g/mol. The topological polar surface area (TPSA) is 47.6 Å². The molecule has 0 aliphatic carbocycles. The second kappa shape index (κ2) is 7.88. The van der Waals surface area contributed by atoms with E-state index in [1.54, 1.807) is 26.4 Å². The number of ether oxygens (including phenoxy) is 2. The highest BCUT2D eigenvalue weighted by molar-refractivity contribution is 6.34. The van der Waals surface area contributed by atoms with E-state index in [1.807, 2.05) is 38.1 Å². The van der Waals surface area contributed by atoms with E-state index < -0.39 is 0 Å². The van der Waals surface area contributed by atoms with Gasteiger partial charge >= 0.3 is 0 Å². The maximum atomic E-state index is 12.2. The highest BCUT2D eigenvalue weighted by atomic mass is 35.5. The Hall–Kier alpha value is -2.46. The maximum Gasteiger partial charge on any atom is 0.248 e. The van der Waals surface area contributed by atoms with Gasteiger partial charge in [-0.2, -0.15) is 0 Å². The monoisotopic (exact) mass is 345 g/mol. The van der Waals surface area contributed by atoms with Gasteiger partial charge in [0.05, 0.1) is 24.9 Å². The Labute approximate surface area is 147 Å². The first kappa shape index (κ1) is 17.9. The van der Waals surface area contributed by atoms with Crippen molar-refractivity contribution in [2.75, 3.05) is 19.5 Å². The zero-order valence-corrected chi connectivity index (χ0v) is 14.9. The van der Waals surface area contributed by atoms with Crippen LogP contribution in [-0.4, -0.2) is 20.1 Å². The highest BCUT2D eigenvalue weighted by Gasteiger charge is 2.09. The van der Waals surface area contributed by atoms with Crippen LogP contribution in [0.15, 0.2) is 36.4 Å². The molecule has 2 aromatic carbocycles. The molecule has 0 fully saturated rings. The molecule has 1 amide bonds. The summed E-state index contributed by atoms with van der Waals surface area (Å²) in [6.07, 6.45) is 3.11. The van der Waals surface area contributed by atoms with Crippen LogP contribution in [0.5, 0.6) is 11.5 Å². The fourth-order valence-corrected chi connectivity index (χ4v) is 2.82. The van der Waals surface area contributed by atoms with Gasteiger partial charge < -0.3 is 14.8 Å². The summed E-state index contributed by atoms with van der Waals surface area (Å²) in [5.41, 5.74) is 3.33. The van der Waals surface area contributed by atoms with Crippen LogP contribution < -0.4 is 14.8 Å². The number of amides is 1. The van der Waals surface area contributed by atoms with Gasteiger partial charge in [0.15, 0.2) is 11.5 Å². The van der Waals surface area contributed by atoms with Crippen LogP contribution in [0.3, 0.4) is 0 Å². The van der Waals surface area contributed by atoms with Gasteiger partial charge in [0.1, 0.15) is 0 Å². The summed E-state index contributed by atoms with van der Waals surface area (Å²) < 4.78 is 10.6. The van der Waals surface area contributed by atoms with Crippen LogP contribution in [0.1, 0.15) is 16.7 Å². The Balaban J connectivity index is 2.20. The Morgan fingerprint density at radius 1 is 1.17 bits per heavy atom. The van der Waals surface area contributed by atoms with Crippen molar-refractivity contribution >= 4 is 29.3 Å². The third-order valence-corrected chi connectivity index (χ3v) is 3.83. The lowest BCUT2D eigenvalue weighted by atomic mass is 10.1. The molecule has 0 unspecified atom stereocenters. The van der Waals surface area contributed by atoms with E-state index in [0.29, 0.717) is 22.2 Å². The van der Waals surface area contributed by atoms with Crippen LogP contribution >= 0.6 is 11.6 Å². The number of aryl methyl sites for hydroxylation is 2. The van der Waals surface area contributed by atoms with Crippen molar-refractivity contribution in [3.8, 4) is 11.5 Å². The molecule has 0 aliphatic rings. The van der Waals surface area contributed by atoms with E-state index in [1.165, 1.54) is 6.08 Å². The third kappa shape index (κ3) is 4.09. The molecule has 0 saturated carbocycles. The van der Waals surface area contributed by atoms with Gasteiger partial charge in [-0.15, -0.1) is 0 Å². The summed E-state index contributed by atoms with van der Waals surface area (Å²) in [6.45, 7) is 3.86. The lowest BCUT2D eigenvalue weighted by Gasteiger charge is -2.11. The van der Waals surface area contributed by atoms with Crippen LogP contribution in [0.2, 0.25) is 5.02 Å². The Kier molecular flexibility index (Phi) is 5.88. The number of carbonyl (C=O) groups excluding carboxylic acids is 1. The summed E-state index contributed by atoms with van der Waals surface area (Å²) in [5.74, 6) is 0.916. The van der Waals surface area contributed by atoms with Gasteiger partial charge in [-0.3, -0.25) is 4.79 Å². The lowest BCUT2D eigenvalue weighted by molar-refractivity contribution is -0.111. The SMILES string of the molecule is COc1cccc(/C=C/C(=O)Nc2c(C)cc(C)cc2Cl)c1OC. The van der Waals surface area contributed by atoms with Gasteiger partial charge in [-0.1, -0.05) is 29.8 Å². The van der Waals surface area contributed by atoms with E-state index in [9.17, 15) is 4.79 Å². The maximum absolute atomic E-state index is 12.2. The van der Waals surface area contributed by atoms with Crippen molar-refractivity contribution in [1.29, 1.82) is 0 Å². The van der Waals surface area contributed by atoms with Crippen molar-refractivity contribution in [2.24, 2.45) is 0 Å². The molecule has 1 N–H and O–H groups in total. The quantitative estimate of drug-likeness (QED) is 0.804. The van der Waals surface area contributed by atoms with Gasteiger partial charge in [0.25, 0.3) is 0 Å². The van der Waals surface area contributed by atoms with Crippen LogP contribution in [-0.2, 0) is 4.79 Å². The van der Waals surface area contributed by atoms with E-state index in [4.69, 9.17) is 21.1 Å². The molecule has 4 nitrogen and oxygen atoms in total. The number of para-hydroxylation sites is 1. The number of benzene rings is 2. The summed E-state index contributed by atoms with van der Waals surface area (Å²) in [6, 6.07) is 9.26. The molecule has 2 aromatic rings. The molecule has 0 atom stereocenters. The van der Waals surface area contributed by atoms with Crippen LogP contribution in [0, 0.1) is 13.8 Å². The van der Waals surface area contributed by atoms with Gasteiger partial charge in [0.2, 0.25) is 5.91 Å². The number of halogens is 1. The second-order valence-electron chi connectivity index (χ2n) is 5.34. The molecule has 2 rings (SSSR count). The Bertz CT molecular complexity index is 761. The molecular weight excluding hydrogens is 326 g/mol. The minimum absolute atomic E-state index is 0.270. The molecule has 0 aliphatic heterocycles. The molecule has 0 bridgehead atoms. The molecule has 24 heavy (non-hydrogen) atoms. The normalized spacial score (nSPS) is 10.7. The number of hydrogen-bond donors (Lipinski definition) is 1. The lowest BCUT2D eigenvalue weighted by Crippen LogP contribution is -2.09. The smallest absolute Gasteiger partial charge is 0.248 e. The number of anilines is 1. The molecule has 0 spiro atoms. The van der Waals surface area contributed by atoms with Crippen LogP contribution in [0.4, 0.5) is 5.69 Å². The number of nitrogens with one attached hydrogen (secondary N) is 1. The van der Waals surface area contributed by atoms with E-state index in [-0.39, 0.29) is 5.91 Å². The minimum atomic E-state index is -0.270. The van der Waals surface area contributed by atoms with Gasteiger partial charge in [0, 0.05) is 11.6 Å². The largest absolute Gasteiger partial charge is 0.493 e. The van der Waals surface area contributed by atoms with E-state index >= 15 is 0 Å². The average Bonchev–Trinajstić information content (AvgIpc) is 2.55. The zero-order chi connectivity index (χ0) is 17.7. The third-order valence-electron chi connectivity index (χ3n) is 3.53. The van der Waals surface area contributed by atoms with E-state index in [2.05, 4.69) is 5.32 Å². The van der Waals surface area contributed by atoms with Crippen molar-refractivity contribution < 1.29 is 14.3 Å². The Morgan fingerprint density at radius 3 is 2.54 bits per heavy atom. The number of hydrogen-bond acceptors (Lipinski definition) is 3. The number of methoxy groups -OCH3 is 2. The highest BCUT2D eigenvalue weighted by Crippen LogP contribution is 2.31. The number of carbonyl (C=O) groups is 1. The summed E-state index contributed by atoms with van der Waals surface area (Å²) in [5, 5.41) is 3.33. The first-order valence-electron chi connectivity index (χ1n) is 7.43. The Morgan fingerprint density at radius 2 is 1.92 bits per heavy atom. The molecule has 126 valence electrons. The molecule has 0 saturated heterocycles. The number of rotatable bonds is 5. The van der Waals surface area contributed by atoms with Crippen molar-refractivity contribution in [1.82, 2.24) is 0 Å². The molecule has 0 heterocycles. The summed E-state index contributed by atoms with van der Waals surface area (Å²) in [4.78, 5) is 12.2. The van der Waals surface area contributed by atoms with Gasteiger partial charge in [-0.25, -0.2) is 0 Å². The minimum Gasteiger partial charge on any atom is -0.493 e. The molecule has 0 radical (unpaired) electrons. The zero-order valence-electron chi connectivity index (χ0n) is 14.1. The predicted octanol–water partition coefficient (Wildman–Crippen LogP) is 4.63. The van der Waals surface area contributed by atoms with Crippen molar-refractivity contribution in [2.45, 2.75) is 13.8 Å². The predicted molar refractivity (Wildman–Crippen MR) is 98.1 cm³/mol. The first-order valence-corrected chi connectivity index (χ1v) is 7.81. The van der Waals surface area contributed by atoms with E-state index in [0.717, 1.165) is 16.7 Å². The molecular formula is C19H20ClNO3. The van der Waals surface area contributed by atoms with Crippen molar-refractivity contribution in [3.05, 3.63) is 58.1 Å². The summed E-state index contributed by atoms with van der Waals surface area (Å²) in [7, 11) is 3.13. The van der Waals surface area contributed by atoms with Crippen molar-refractivity contribution in [3.63, 3.8) is 0 Å². The molecule has 0 aromatic heterocycles. The fraction of sp³-hybridized carbons (Fsp3) is 0.211. The first-order chi connectivity index (χ1) is 11.5. The molecule has 5 heteroatoms.